The van der Waals surface area contributed by atoms with Crippen LogP contribution in [-0.2, 0) is 0 Å². The summed E-state index contributed by atoms with van der Waals surface area (Å²) in [5.74, 6) is 0.424. The molecule has 0 unspecified atom stereocenters. The number of hydrogen-bond donors (Lipinski definition) is 1. The van der Waals surface area contributed by atoms with Gasteiger partial charge < -0.3 is 10.5 Å². The van der Waals surface area contributed by atoms with Crippen molar-refractivity contribution in [2.24, 2.45) is 5.73 Å². The highest BCUT2D eigenvalue weighted by molar-refractivity contribution is 5.80. The lowest BCUT2D eigenvalue weighted by molar-refractivity contribution is 0.0959. The van der Waals surface area contributed by atoms with Crippen LogP contribution in [0.15, 0.2) is 30.3 Å². The standard InChI is InChI=1S/C14H13N3O/c15-8-10-5-9-3-1-2-4-13(9)17-14(10)18-12-6-11(16)7-12/h1-5,11-12H,6-7,16H2. The molecule has 0 amide bonds. The van der Waals surface area contributed by atoms with Gasteiger partial charge in [-0.15, -0.1) is 0 Å². The largest absolute Gasteiger partial charge is 0.473 e. The van der Waals surface area contributed by atoms with Gasteiger partial charge >= 0.3 is 0 Å². The molecule has 3 rings (SSSR count). The molecule has 2 aromatic rings. The number of pyridine rings is 1. The highest BCUT2D eigenvalue weighted by Gasteiger charge is 2.28. The van der Waals surface area contributed by atoms with E-state index in [1.807, 2.05) is 30.3 Å². The number of aromatic nitrogens is 1. The minimum absolute atomic E-state index is 0.0979. The molecule has 4 heteroatoms. The first-order valence-electron chi connectivity index (χ1n) is 5.98. The van der Waals surface area contributed by atoms with Gasteiger partial charge in [-0.05, 0) is 25.0 Å². The zero-order chi connectivity index (χ0) is 12.5. The topological polar surface area (TPSA) is 71.9 Å². The van der Waals surface area contributed by atoms with E-state index in [1.54, 1.807) is 0 Å². The second-order valence-electron chi connectivity index (χ2n) is 4.62. The van der Waals surface area contributed by atoms with Gasteiger partial charge in [0.05, 0.1) is 5.52 Å². The van der Waals surface area contributed by atoms with E-state index >= 15 is 0 Å². The number of nitrogens with two attached hydrogens (primary N) is 1. The van der Waals surface area contributed by atoms with E-state index in [9.17, 15) is 0 Å². The van der Waals surface area contributed by atoms with Crippen molar-refractivity contribution < 1.29 is 4.74 Å². The number of nitrogens with zero attached hydrogens (tertiary/aromatic N) is 2. The molecular formula is C14H13N3O. The van der Waals surface area contributed by atoms with Crippen LogP contribution in [0.4, 0.5) is 0 Å². The zero-order valence-electron chi connectivity index (χ0n) is 9.84. The molecule has 0 radical (unpaired) electrons. The Bertz CT molecular complexity index is 626. The molecule has 1 aliphatic carbocycles. The minimum Gasteiger partial charge on any atom is -0.473 e. The van der Waals surface area contributed by atoms with Gasteiger partial charge in [0.25, 0.3) is 0 Å². The molecule has 0 aliphatic heterocycles. The van der Waals surface area contributed by atoms with Crippen LogP contribution >= 0.6 is 0 Å². The average molecular weight is 239 g/mol. The van der Waals surface area contributed by atoms with Gasteiger partial charge in [-0.2, -0.15) is 5.26 Å². The van der Waals surface area contributed by atoms with Gasteiger partial charge in [0, 0.05) is 11.4 Å². The normalized spacial score (nSPS) is 22.2. The lowest BCUT2D eigenvalue weighted by atomic mass is 9.90. The first-order valence-corrected chi connectivity index (χ1v) is 5.98. The fourth-order valence-corrected chi connectivity index (χ4v) is 2.13. The van der Waals surface area contributed by atoms with Gasteiger partial charge in [-0.25, -0.2) is 4.98 Å². The monoisotopic (exact) mass is 239 g/mol. The Morgan fingerprint density at radius 2 is 2.11 bits per heavy atom. The number of ether oxygens (including phenoxy) is 1. The van der Waals surface area contributed by atoms with E-state index in [-0.39, 0.29) is 12.1 Å². The molecule has 0 spiro atoms. The predicted molar refractivity (Wildman–Crippen MR) is 68.1 cm³/mol. The second-order valence-corrected chi connectivity index (χ2v) is 4.62. The maximum atomic E-state index is 9.14. The number of para-hydroxylation sites is 1. The molecule has 0 saturated heterocycles. The number of benzene rings is 1. The quantitative estimate of drug-likeness (QED) is 0.869. The van der Waals surface area contributed by atoms with E-state index in [2.05, 4.69) is 11.1 Å². The minimum atomic E-state index is 0.0979. The molecule has 0 atom stereocenters. The van der Waals surface area contributed by atoms with Gasteiger partial charge in [0.2, 0.25) is 5.88 Å². The summed E-state index contributed by atoms with van der Waals surface area (Å²) in [6, 6.07) is 11.9. The maximum absolute atomic E-state index is 9.14. The summed E-state index contributed by atoms with van der Waals surface area (Å²) < 4.78 is 5.74. The number of hydrogen-bond acceptors (Lipinski definition) is 4. The van der Waals surface area contributed by atoms with E-state index in [1.165, 1.54) is 0 Å². The lowest BCUT2D eigenvalue weighted by Gasteiger charge is -2.32. The highest BCUT2D eigenvalue weighted by atomic mass is 16.5. The van der Waals surface area contributed by atoms with Crippen LogP contribution < -0.4 is 10.5 Å². The van der Waals surface area contributed by atoms with Crippen LogP contribution in [0.5, 0.6) is 5.88 Å². The van der Waals surface area contributed by atoms with Gasteiger partial charge in [-0.3, -0.25) is 0 Å². The Morgan fingerprint density at radius 3 is 2.83 bits per heavy atom. The third kappa shape index (κ3) is 1.89. The van der Waals surface area contributed by atoms with Crippen molar-refractivity contribution in [3.05, 3.63) is 35.9 Å². The van der Waals surface area contributed by atoms with Crippen LogP contribution in [0.1, 0.15) is 18.4 Å². The van der Waals surface area contributed by atoms with Gasteiger partial charge in [0.15, 0.2) is 0 Å². The summed E-state index contributed by atoms with van der Waals surface area (Å²) in [7, 11) is 0. The van der Waals surface area contributed by atoms with E-state index in [0.717, 1.165) is 23.7 Å². The summed E-state index contributed by atoms with van der Waals surface area (Å²) in [6.07, 6.45) is 1.76. The Balaban J connectivity index is 1.97. The Morgan fingerprint density at radius 1 is 1.33 bits per heavy atom. The second kappa shape index (κ2) is 4.28. The van der Waals surface area contributed by atoms with Crippen LogP contribution in [0.25, 0.3) is 10.9 Å². The molecule has 18 heavy (non-hydrogen) atoms. The predicted octanol–water partition coefficient (Wildman–Crippen LogP) is 1.97. The van der Waals surface area contributed by atoms with Crippen LogP contribution in [0.3, 0.4) is 0 Å². The Hall–Kier alpha value is -2.12. The summed E-state index contributed by atoms with van der Waals surface area (Å²) in [6.45, 7) is 0. The molecule has 1 fully saturated rings. The molecule has 2 N–H and O–H groups in total. The Labute approximate surface area is 105 Å². The maximum Gasteiger partial charge on any atom is 0.232 e. The van der Waals surface area contributed by atoms with Crippen molar-refractivity contribution in [2.45, 2.75) is 25.0 Å². The first-order chi connectivity index (χ1) is 8.76. The van der Waals surface area contributed by atoms with Crippen molar-refractivity contribution in [1.29, 1.82) is 5.26 Å². The number of fused-ring (bicyclic) bond motifs is 1. The van der Waals surface area contributed by atoms with Crippen molar-refractivity contribution in [3.8, 4) is 11.9 Å². The molecule has 1 aromatic carbocycles. The van der Waals surface area contributed by atoms with Crippen molar-refractivity contribution in [2.75, 3.05) is 0 Å². The summed E-state index contributed by atoms with van der Waals surface area (Å²) in [5.41, 5.74) is 7.04. The third-order valence-corrected chi connectivity index (χ3v) is 3.22. The van der Waals surface area contributed by atoms with Crippen LogP contribution in [-0.4, -0.2) is 17.1 Å². The summed E-state index contributed by atoms with van der Waals surface area (Å²) in [5, 5.41) is 10.1. The summed E-state index contributed by atoms with van der Waals surface area (Å²) >= 11 is 0. The number of rotatable bonds is 2. The van der Waals surface area contributed by atoms with Crippen LogP contribution in [0, 0.1) is 11.3 Å². The molecule has 1 heterocycles. The van der Waals surface area contributed by atoms with Crippen molar-refractivity contribution in [1.82, 2.24) is 4.98 Å². The first kappa shape index (κ1) is 11.0. The average Bonchev–Trinajstić information content (AvgIpc) is 2.36. The molecule has 1 aromatic heterocycles. The van der Waals surface area contributed by atoms with Gasteiger partial charge in [0.1, 0.15) is 17.7 Å². The molecular weight excluding hydrogens is 226 g/mol. The van der Waals surface area contributed by atoms with Gasteiger partial charge in [-0.1, -0.05) is 18.2 Å². The smallest absolute Gasteiger partial charge is 0.232 e. The van der Waals surface area contributed by atoms with E-state index < -0.39 is 0 Å². The zero-order valence-corrected chi connectivity index (χ0v) is 9.84. The van der Waals surface area contributed by atoms with E-state index in [4.69, 9.17) is 15.7 Å². The molecule has 90 valence electrons. The molecule has 1 aliphatic rings. The molecule has 0 bridgehead atoms. The summed E-state index contributed by atoms with van der Waals surface area (Å²) in [4.78, 5) is 4.41. The van der Waals surface area contributed by atoms with Crippen molar-refractivity contribution in [3.63, 3.8) is 0 Å². The van der Waals surface area contributed by atoms with Crippen LogP contribution in [0.2, 0.25) is 0 Å². The molecule has 1 saturated carbocycles. The lowest BCUT2D eigenvalue weighted by Crippen LogP contribution is -2.43. The fraction of sp³-hybridized carbons (Fsp3) is 0.286. The third-order valence-electron chi connectivity index (χ3n) is 3.22. The molecule has 4 nitrogen and oxygen atoms in total. The van der Waals surface area contributed by atoms with Crippen molar-refractivity contribution >= 4 is 10.9 Å². The number of nitriles is 1. The van der Waals surface area contributed by atoms with E-state index in [0.29, 0.717) is 11.4 Å². The SMILES string of the molecule is N#Cc1cc2ccccc2nc1OC1CC(N)C1. The Kier molecular flexibility index (Phi) is 2.62. The highest BCUT2D eigenvalue weighted by Crippen LogP contribution is 2.27. The fourth-order valence-electron chi connectivity index (χ4n) is 2.13.